The van der Waals surface area contributed by atoms with Crippen LogP contribution in [0.25, 0.3) is 0 Å². The van der Waals surface area contributed by atoms with Crippen molar-refractivity contribution < 1.29 is 24.2 Å². The first kappa shape index (κ1) is 16.1. The number of rotatable bonds is 5. The van der Waals surface area contributed by atoms with E-state index in [0.717, 1.165) is 11.8 Å². The van der Waals surface area contributed by atoms with Crippen LogP contribution in [0.4, 0.5) is 5.69 Å². The highest BCUT2D eigenvalue weighted by atomic mass is 32.2. The van der Waals surface area contributed by atoms with Crippen molar-refractivity contribution in [2.45, 2.75) is 18.6 Å². The number of carboxylic acid groups (broad SMARTS) is 1. The second-order valence-corrected chi connectivity index (χ2v) is 5.87. The van der Waals surface area contributed by atoms with Crippen molar-refractivity contribution >= 4 is 35.1 Å². The first-order chi connectivity index (χ1) is 10.4. The molecule has 1 aliphatic heterocycles. The summed E-state index contributed by atoms with van der Waals surface area (Å²) in [5.41, 5.74) is 0.548. The molecule has 0 aromatic heterocycles. The highest BCUT2D eigenvalue weighted by Gasteiger charge is 2.37. The normalized spacial score (nSPS) is 19.5. The third-order valence-corrected chi connectivity index (χ3v) is 4.18. The van der Waals surface area contributed by atoms with Gasteiger partial charge in [-0.15, -0.1) is 0 Å². The summed E-state index contributed by atoms with van der Waals surface area (Å²) in [5.74, 6) is -1.27. The highest BCUT2D eigenvalue weighted by molar-refractivity contribution is 8.05. The van der Waals surface area contributed by atoms with E-state index >= 15 is 0 Å². The van der Waals surface area contributed by atoms with Gasteiger partial charge in [0, 0.05) is 24.2 Å². The standard InChI is InChI=1S/C15H15NO5S/c1-9(17)7-13-16(10-3-5-11(21-2)6-4-10)15(20)12(22-13)8-14(18)19/h3-7,12H,8H2,1-2H3,(H,18,19)/p-1/b13-7-/t12-/m1/s1. The number of carbonyl (C=O) groups is 3. The number of thioether (sulfide) groups is 1. The molecular formula is C15H14NO5S-. The lowest BCUT2D eigenvalue weighted by atomic mass is 10.2. The van der Waals surface area contributed by atoms with Crippen LogP contribution in [0.2, 0.25) is 0 Å². The van der Waals surface area contributed by atoms with Crippen LogP contribution < -0.4 is 14.7 Å². The van der Waals surface area contributed by atoms with E-state index in [2.05, 4.69) is 0 Å². The fourth-order valence-corrected chi connectivity index (χ4v) is 3.29. The number of allylic oxidation sites excluding steroid dienone is 1. The molecule has 7 heteroatoms. The lowest BCUT2D eigenvalue weighted by molar-refractivity contribution is -0.305. The Kier molecular flexibility index (Phi) is 4.87. The number of aliphatic carboxylic acids is 1. The molecule has 0 bridgehead atoms. The highest BCUT2D eigenvalue weighted by Crippen LogP contribution is 2.40. The first-order valence-electron chi connectivity index (χ1n) is 6.49. The molecule has 1 heterocycles. The molecule has 1 amide bonds. The predicted molar refractivity (Wildman–Crippen MR) is 80.2 cm³/mol. The van der Waals surface area contributed by atoms with E-state index in [1.54, 1.807) is 24.3 Å². The molecule has 0 saturated carbocycles. The Labute approximate surface area is 131 Å². The number of hydrogen-bond acceptors (Lipinski definition) is 6. The van der Waals surface area contributed by atoms with E-state index in [1.807, 2.05) is 0 Å². The fraction of sp³-hybridized carbons (Fsp3) is 0.267. The average molecular weight is 320 g/mol. The summed E-state index contributed by atoms with van der Waals surface area (Å²) in [6, 6.07) is 6.72. The Balaban J connectivity index is 2.37. The summed E-state index contributed by atoms with van der Waals surface area (Å²) < 4.78 is 5.06. The van der Waals surface area contributed by atoms with Crippen molar-refractivity contribution in [1.29, 1.82) is 0 Å². The minimum atomic E-state index is -1.30. The number of ketones is 1. The van der Waals surface area contributed by atoms with Gasteiger partial charge in [-0.25, -0.2) is 0 Å². The number of hydrogen-bond donors (Lipinski definition) is 0. The Hall–Kier alpha value is -2.28. The SMILES string of the molecule is COc1ccc(N2C(=O)[C@@H](CC(=O)[O-])S/C2=C\C(C)=O)cc1. The van der Waals surface area contributed by atoms with Gasteiger partial charge >= 0.3 is 0 Å². The molecule has 1 aliphatic rings. The zero-order chi connectivity index (χ0) is 16.3. The summed E-state index contributed by atoms with van der Waals surface area (Å²) >= 11 is 1.05. The molecule has 1 fully saturated rings. The van der Waals surface area contributed by atoms with Crippen LogP contribution in [0.5, 0.6) is 5.75 Å². The average Bonchev–Trinajstić information content (AvgIpc) is 2.74. The lowest BCUT2D eigenvalue weighted by Gasteiger charge is -2.17. The minimum Gasteiger partial charge on any atom is -0.550 e. The van der Waals surface area contributed by atoms with Gasteiger partial charge < -0.3 is 14.6 Å². The van der Waals surface area contributed by atoms with Crippen LogP contribution in [0, 0.1) is 0 Å². The van der Waals surface area contributed by atoms with Gasteiger partial charge in [-0.05, 0) is 31.2 Å². The maximum Gasteiger partial charge on any atom is 0.245 e. The number of ether oxygens (including phenoxy) is 1. The van der Waals surface area contributed by atoms with Crippen molar-refractivity contribution in [1.82, 2.24) is 0 Å². The first-order valence-corrected chi connectivity index (χ1v) is 7.37. The third kappa shape index (κ3) is 3.48. The van der Waals surface area contributed by atoms with Crippen LogP contribution >= 0.6 is 11.8 Å². The number of carboxylic acids is 1. The molecule has 1 atom stereocenters. The van der Waals surface area contributed by atoms with Crippen LogP contribution in [0.3, 0.4) is 0 Å². The summed E-state index contributed by atoms with van der Waals surface area (Å²) in [5, 5.41) is 10.4. The van der Waals surface area contributed by atoms with Gasteiger partial charge in [0.1, 0.15) is 5.75 Å². The zero-order valence-corrected chi connectivity index (χ0v) is 12.9. The Morgan fingerprint density at radius 1 is 1.36 bits per heavy atom. The van der Waals surface area contributed by atoms with Crippen molar-refractivity contribution in [3.8, 4) is 5.75 Å². The molecule has 0 radical (unpaired) electrons. The predicted octanol–water partition coefficient (Wildman–Crippen LogP) is 0.714. The fourth-order valence-electron chi connectivity index (χ4n) is 2.04. The lowest BCUT2D eigenvalue weighted by Crippen LogP contribution is -2.33. The smallest absolute Gasteiger partial charge is 0.245 e. The minimum absolute atomic E-state index is 0.220. The van der Waals surface area contributed by atoms with Crippen molar-refractivity contribution in [2.75, 3.05) is 12.0 Å². The van der Waals surface area contributed by atoms with E-state index in [4.69, 9.17) is 4.74 Å². The second kappa shape index (κ2) is 6.65. The molecule has 0 N–H and O–H groups in total. The van der Waals surface area contributed by atoms with Gasteiger partial charge in [0.25, 0.3) is 0 Å². The van der Waals surface area contributed by atoms with Gasteiger partial charge in [-0.3, -0.25) is 14.5 Å². The van der Waals surface area contributed by atoms with Gasteiger partial charge in [-0.2, -0.15) is 0 Å². The quantitative estimate of drug-likeness (QED) is 0.743. The zero-order valence-electron chi connectivity index (χ0n) is 12.1. The van der Waals surface area contributed by atoms with Gasteiger partial charge in [-0.1, -0.05) is 11.8 Å². The maximum atomic E-state index is 12.4. The van der Waals surface area contributed by atoms with Gasteiger partial charge in [0.2, 0.25) is 5.91 Å². The summed E-state index contributed by atoms with van der Waals surface area (Å²) in [6.45, 7) is 1.37. The van der Waals surface area contributed by atoms with Crippen molar-refractivity contribution in [2.24, 2.45) is 0 Å². The number of anilines is 1. The van der Waals surface area contributed by atoms with E-state index in [9.17, 15) is 19.5 Å². The largest absolute Gasteiger partial charge is 0.550 e. The number of benzene rings is 1. The monoisotopic (exact) mass is 320 g/mol. The molecule has 0 unspecified atom stereocenters. The van der Waals surface area contributed by atoms with Crippen molar-refractivity contribution in [3.63, 3.8) is 0 Å². The van der Waals surface area contributed by atoms with E-state index in [0.29, 0.717) is 16.5 Å². The molecule has 116 valence electrons. The Bertz CT molecular complexity index is 638. The maximum absolute atomic E-state index is 12.4. The third-order valence-electron chi connectivity index (χ3n) is 2.99. The Morgan fingerprint density at radius 2 is 2.00 bits per heavy atom. The van der Waals surface area contributed by atoms with Gasteiger partial charge in [0.05, 0.1) is 17.4 Å². The van der Waals surface area contributed by atoms with Crippen LogP contribution in [0.15, 0.2) is 35.4 Å². The summed E-state index contributed by atoms with van der Waals surface area (Å²) in [6.07, 6.45) is 0.924. The molecule has 0 spiro atoms. The van der Waals surface area contributed by atoms with Crippen LogP contribution in [-0.2, 0) is 14.4 Å². The molecule has 1 saturated heterocycles. The molecule has 1 aromatic carbocycles. The molecule has 0 aliphatic carbocycles. The molecule has 1 aromatic rings. The molecule has 22 heavy (non-hydrogen) atoms. The van der Waals surface area contributed by atoms with E-state index < -0.39 is 17.6 Å². The summed E-state index contributed by atoms with van der Waals surface area (Å²) in [4.78, 5) is 35.9. The molecule has 2 rings (SSSR count). The number of methoxy groups -OCH3 is 1. The van der Waals surface area contributed by atoms with E-state index in [-0.39, 0.29) is 11.7 Å². The summed E-state index contributed by atoms with van der Waals surface area (Å²) in [7, 11) is 1.53. The second-order valence-electron chi connectivity index (χ2n) is 4.65. The number of amides is 1. The van der Waals surface area contributed by atoms with Gasteiger partial charge in [0.15, 0.2) is 5.78 Å². The van der Waals surface area contributed by atoms with Crippen LogP contribution in [0.1, 0.15) is 13.3 Å². The van der Waals surface area contributed by atoms with Crippen LogP contribution in [-0.4, -0.2) is 30.0 Å². The molecular weight excluding hydrogens is 306 g/mol. The van der Waals surface area contributed by atoms with Crippen molar-refractivity contribution in [3.05, 3.63) is 35.4 Å². The molecule has 6 nitrogen and oxygen atoms in total. The number of carbonyl (C=O) groups excluding carboxylic acids is 3. The number of nitrogens with zero attached hydrogens (tertiary/aromatic N) is 1. The Morgan fingerprint density at radius 3 is 2.50 bits per heavy atom. The van der Waals surface area contributed by atoms with E-state index in [1.165, 1.54) is 25.0 Å². The topological polar surface area (TPSA) is 86.7 Å².